The molecule has 1 saturated heterocycles. The normalized spacial score (nSPS) is 19.2. The van der Waals surface area contributed by atoms with Gasteiger partial charge in [-0.25, -0.2) is 0 Å². The molecular formula is C72H125NO10. The highest BCUT2D eigenvalue weighted by Gasteiger charge is 2.47. The molecule has 0 aromatic heterocycles. The van der Waals surface area contributed by atoms with Crippen LogP contribution >= 0.6 is 0 Å². The van der Waals surface area contributed by atoms with Gasteiger partial charge in [0.25, 0.3) is 0 Å². The molecule has 1 aliphatic rings. The van der Waals surface area contributed by atoms with Gasteiger partial charge in [0, 0.05) is 6.42 Å². The Hall–Kier alpha value is -3.42. The monoisotopic (exact) mass is 1160 g/mol. The summed E-state index contributed by atoms with van der Waals surface area (Å²) in [4.78, 5) is 26.6. The third-order valence-corrected chi connectivity index (χ3v) is 15.5. The molecule has 0 radical (unpaired) electrons. The van der Waals surface area contributed by atoms with Crippen LogP contribution < -0.4 is 5.32 Å². The third kappa shape index (κ3) is 46.5. The predicted octanol–water partition coefficient (Wildman–Crippen LogP) is 17.1. The lowest BCUT2D eigenvalue weighted by molar-refractivity contribution is -0.305. The van der Waals surface area contributed by atoms with Gasteiger partial charge in [-0.15, -0.1) is 0 Å². The van der Waals surface area contributed by atoms with Crippen molar-refractivity contribution < 1.29 is 49.3 Å². The van der Waals surface area contributed by atoms with E-state index in [0.29, 0.717) is 12.8 Å². The van der Waals surface area contributed by atoms with Crippen molar-refractivity contribution in [2.75, 3.05) is 13.2 Å². The van der Waals surface area contributed by atoms with Crippen LogP contribution in [-0.4, -0.2) is 99.6 Å². The second kappa shape index (κ2) is 58.9. The largest absolute Gasteiger partial charge is 0.454 e. The van der Waals surface area contributed by atoms with Crippen LogP contribution in [0.25, 0.3) is 0 Å². The molecule has 1 rings (SSSR count). The van der Waals surface area contributed by atoms with Gasteiger partial charge >= 0.3 is 5.97 Å². The number of allylic oxidation sites excluding steroid dienone is 15. The molecule has 11 heteroatoms. The summed E-state index contributed by atoms with van der Waals surface area (Å²) >= 11 is 0. The number of carbonyl (C=O) groups excluding carboxylic acids is 2. The summed E-state index contributed by atoms with van der Waals surface area (Å²) in [6.07, 6.45) is 68.7. The van der Waals surface area contributed by atoms with Crippen LogP contribution in [0.4, 0.5) is 0 Å². The minimum absolute atomic E-state index is 0.0823. The number of aliphatic hydroxyl groups excluding tert-OH is 5. The number of hydrogen-bond donors (Lipinski definition) is 6. The number of ether oxygens (including phenoxy) is 3. The number of hydrogen-bond acceptors (Lipinski definition) is 10. The van der Waals surface area contributed by atoms with Gasteiger partial charge in [0.1, 0.15) is 24.4 Å². The van der Waals surface area contributed by atoms with Gasteiger partial charge in [0.05, 0.1) is 25.4 Å². The molecule has 8 unspecified atom stereocenters. The van der Waals surface area contributed by atoms with Crippen LogP contribution in [0.2, 0.25) is 0 Å². The highest BCUT2D eigenvalue weighted by molar-refractivity contribution is 5.80. The van der Waals surface area contributed by atoms with Crippen molar-refractivity contribution in [3.05, 3.63) is 97.2 Å². The summed E-state index contributed by atoms with van der Waals surface area (Å²) in [6, 6.07) is -1.04. The van der Waals surface area contributed by atoms with Crippen LogP contribution in [0.3, 0.4) is 0 Å². The number of nitrogens with one attached hydrogen (secondary N) is 1. The molecule has 0 aromatic carbocycles. The van der Waals surface area contributed by atoms with E-state index in [1.807, 2.05) is 6.08 Å². The van der Waals surface area contributed by atoms with Crippen LogP contribution in [0.15, 0.2) is 97.2 Å². The SMILES string of the molecule is CCCCC/C=C\C/C=C\C/C=C\C/C=C\CCCCCC(=O)OC1C(OCC(NC(=O)C(O)CCCCCCCCCCCCC/C=C\C/C=C\C/C=C\CCCCC)C(O)/C=C/CCCCCCCCCCC)OC(CO)C(O)C1O. The van der Waals surface area contributed by atoms with Gasteiger partial charge in [0.15, 0.2) is 12.4 Å². The topological polar surface area (TPSA) is 175 Å². The Bertz CT molecular complexity index is 1720. The van der Waals surface area contributed by atoms with Crippen molar-refractivity contribution in [1.29, 1.82) is 0 Å². The van der Waals surface area contributed by atoms with Gasteiger partial charge in [-0.1, -0.05) is 266 Å². The number of carbonyl (C=O) groups is 2. The summed E-state index contributed by atoms with van der Waals surface area (Å²) in [5, 5.41) is 57.1. The smallest absolute Gasteiger partial charge is 0.306 e. The molecule has 1 amide bonds. The molecular weight excluding hydrogens is 1040 g/mol. The van der Waals surface area contributed by atoms with E-state index in [1.165, 1.54) is 135 Å². The van der Waals surface area contributed by atoms with E-state index < -0.39 is 67.4 Å². The van der Waals surface area contributed by atoms with Crippen LogP contribution in [0.5, 0.6) is 0 Å². The van der Waals surface area contributed by atoms with Crippen molar-refractivity contribution in [2.24, 2.45) is 0 Å². The Morgan fingerprint density at radius 2 is 0.831 bits per heavy atom. The van der Waals surface area contributed by atoms with E-state index >= 15 is 0 Å². The molecule has 0 spiro atoms. The maximum Gasteiger partial charge on any atom is 0.306 e. The fourth-order valence-corrected chi connectivity index (χ4v) is 10.1. The van der Waals surface area contributed by atoms with Crippen molar-refractivity contribution in [1.82, 2.24) is 5.32 Å². The number of amides is 1. The van der Waals surface area contributed by atoms with E-state index in [9.17, 15) is 35.1 Å². The van der Waals surface area contributed by atoms with E-state index in [0.717, 1.165) is 103 Å². The van der Waals surface area contributed by atoms with Crippen LogP contribution in [-0.2, 0) is 23.8 Å². The molecule has 0 aliphatic carbocycles. The van der Waals surface area contributed by atoms with Crippen molar-refractivity contribution in [2.45, 2.75) is 333 Å². The van der Waals surface area contributed by atoms with Gasteiger partial charge < -0.3 is 45.1 Å². The molecule has 8 atom stereocenters. The first-order valence-corrected chi connectivity index (χ1v) is 34.0. The molecule has 1 aliphatic heterocycles. The van der Waals surface area contributed by atoms with Crippen LogP contribution in [0.1, 0.15) is 284 Å². The Morgan fingerprint density at radius 3 is 1.27 bits per heavy atom. The quantitative estimate of drug-likeness (QED) is 0.0195. The van der Waals surface area contributed by atoms with Gasteiger partial charge in [-0.3, -0.25) is 9.59 Å². The van der Waals surface area contributed by atoms with Gasteiger partial charge in [-0.2, -0.15) is 0 Å². The average Bonchev–Trinajstić information content (AvgIpc) is 3.69. The molecule has 83 heavy (non-hydrogen) atoms. The minimum atomic E-state index is -1.63. The molecule has 6 N–H and O–H groups in total. The van der Waals surface area contributed by atoms with Gasteiger partial charge in [-0.05, 0) is 109 Å². The molecule has 0 bridgehead atoms. The Labute approximate surface area is 507 Å². The number of rotatable bonds is 57. The van der Waals surface area contributed by atoms with Gasteiger partial charge in [0.2, 0.25) is 5.91 Å². The first kappa shape index (κ1) is 77.6. The molecule has 11 nitrogen and oxygen atoms in total. The molecule has 1 fully saturated rings. The average molecular weight is 1160 g/mol. The zero-order valence-corrected chi connectivity index (χ0v) is 53.0. The summed E-state index contributed by atoms with van der Waals surface area (Å²) in [7, 11) is 0. The summed E-state index contributed by atoms with van der Waals surface area (Å²) in [5.41, 5.74) is 0. The lowest BCUT2D eigenvalue weighted by Crippen LogP contribution is -2.61. The Morgan fingerprint density at radius 1 is 0.470 bits per heavy atom. The van der Waals surface area contributed by atoms with E-state index in [1.54, 1.807) is 6.08 Å². The molecule has 0 saturated carbocycles. The first-order valence-electron chi connectivity index (χ1n) is 34.0. The fraction of sp³-hybridized carbons (Fsp3) is 0.750. The fourth-order valence-electron chi connectivity index (χ4n) is 10.1. The first-order chi connectivity index (χ1) is 40.7. The second-order valence-electron chi connectivity index (χ2n) is 23.2. The standard InChI is InChI=1S/C72H125NO10/c1-4-7-10-13-16-19-22-24-26-28-30-31-32-33-34-36-37-39-41-44-47-50-53-56-59-65(76)71(80)73-63(64(75)58-55-52-49-46-43-21-18-15-12-9-6-3)62-81-72-70(69(79)68(78)66(61-74)82-72)83-67(77)60-57-54-51-48-45-42-40-38-35-29-27-25-23-20-17-14-11-8-5-2/h16-17,19-20,24-27,30-31,35,38,42,45,55,58,63-66,68-70,72,74-76,78-79H,4-15,18,21-23,28-29,32-34,36-37,39-41,43-44,46-54,56-57,59-62H2,1-3H3,(H,73,80)/b19-16-,20-17-,26-24-,27-25-,31-30-,38-35-,45-42-,58-55+. The zero-order valence-electron chi connectivity index (χ0n) is 53.0. The minimum Gasteiger partial charge on any atom is -0.454 e. The number of aliphatic hydroxyl groups is 5. The zero-order chi connectivity index (χ0) is 60.3. The van der Waals surface area contributed by atoms with Crippen molar-refractivity contribution in [3.8, 4) is 0 Å². The van der Waals surface area contributed by atoms with Crippen LogP contribution in [0, 0.1) is 0 Å². The predicted molar refractivity (Wildman–Crippen MR) is 347 cm³/mol. The molecule has 0 aromatic rings. The lowest BCUT2D eigenvalue weighted by atomic mass is 9.99. The van der Waals surface area contributed by atoms with Crippen molar-refractivity contribution in [3.63, 3.8) is 0 Å². The third-order valence-electron chi connectivity index (χ3n) is 15.5. The Kier molecular flexibility index (Phi) is 55.1. The second-order valence-corrected chi connectivity index (χ2v) is 23.2. The number of esters is 1. The summed E-state index contributed by atoms with van der Waals surface area (Å²) in [5.74, 6) is -1.23. The lowest BCUT2D eigenvalue weighted by Gasteiger charge is -2.41. The molecule has 478 valence electrons. The molecule has 1 heterocycles. The number of unbranched alkanes of at least 4 members (excludes halogenated alkanes) is 29. The Balaban J connectivity index is 2.61. The van der Waals surface area contributed by atoms with E-state index in [4.69, 9.17) is 14.2 Å². The highest BCUT2D eigenvalue weighted by atomic mass is 16.7. The maximum absolute atomic E-state index is 13.5. The highest BCUT2D eigenvalue weighted by Crippen LogP contribution is 2.26. The summed E-state index contributed by atoms with van der Waals surface area (Å²) in [6.45, 7) is 5.72. The maximum atomic E-state index is 13.5. The van der Waals surface area contributed by atoms with E-state index in [-0.39, 0.29) is 19.4 Å². The van der Waals surface area contributed by atoms with E-state index in [2.05, 4.69) is 111 Å². The van der Waals surface area contributed by atoms with Crippen molar-refractivity contribution >= 4 is 11.9 Å². The summed E-state index contributed by atoms with van der Waals surface area (Å²) < 4.78 is 17.6.